The first-order valence-electron chi connectivity index (χ1n) is 11.3. The highest BCUT2D eigenvalue weighted by Crippen LogP contribution is 2.41. The number of pyridine rings is 1. The summed E-state index contributed by atoms with van der Waals surface area (Å²) in [7, 11) is 3.96. The number of nitrogens with one attached hydrogen (secondary N) is 3. The van der Waals surface area contributed by atoms with Gasteiger partial charge >= 0.3 is 0 Å². The van der Waals surface area contributed by atoms with Crippen LogP contribution in [0.25, 0.3) is 0 Å². The summed E-state index contributed by atoms with van der Waals surface area (Å²) in [6.07, 6.45) is 5.33. The standard InChI is InChI=1S/C22H31FN8O/c1-29-5-7-31(8-6-29)20-4-3-15(12-24-20)26-22(32)21-17-9-16(14-11-25-30(2)13-14)18(23)10-19(17)27-28-21/h3-4,11-13,16-19,21,27-28H,5-10H2,1-2H3,(H,26,32). The van der Waals surface area contributed by atoms with Crippen LogP contribution in [0, 0.1) is 5.92 Å². The summed E-state index contributed by atoms with van der Waals surface area (Å²) in [5.74, 6) is 0.565. The second-order valence-electron chi connectivity index (χ2n) is 9.26. The molecular weight excluding hydrogens is 411 g/mol. The molecule has 0 spiro atoms. The fourth-order valence-electron chi connectivity index (χ4n) is 5.16. The molecule has 0 aromatic carbocycles. The number of amides is 1. The molecule has 0 bridgehead atoms. The number of hydrogen-bond acceptors (Lipinski definition) is 7. The number of rotatable bonds is 4. The molecule has 5 unspecified atom stereocenters. The molecular formula is C22H31FN8O. The van der Waals surface area contributed by atoms with Crippen molar-refractivity contribution in [1.29, 1.82) is 0 Å². The molecule has 9 nitrogen and oxygen atoms in total. The van der Waals surface area contributed by atoms with Crippen molar-refractivity contribution >= 4 is 17.4 Å². The maximum atomic E-state index is 14.8. The molecule has 2 aromatic rings. The third kappa shape index (κ3) is 4.22. The van der Waals surface area contributed by atoms with E-state index in [2.05, 4.69) is 43.1 Å². The Morgan fingerprint density at radius 3 is 2.62 bits per heavy atom. The fraction of sp³-hybridized carbons (Fsp3) is 0.591. The van der Waals surface area contributed by atoms with Crippen LogP contribution in [0.4, 0.5) is 15.9 Å². The number of halogens is 1. The van der Waals surface area contributed by atoms with Crippen molar-refractivity contribution in [3.8, 4) is 0 Å². The van der Waals surface area contributed by atoms with Crippen molar-refractivity contribution < 1.29 is 9.18 Å². The molecule has 2 saturated heterocycles. The Labute approximate surface area is 187 Å². The minimum Gasteiger partial charge on any atom is -0.354 e. The highest BCUT2D eigenvalue weighted by atomic mass is 19.1. The lowest BCUT2D eigenvalue weighted by atomic mass is 9.73. The van der Waals surface area contributed by atoms with Crippen molar-refractivity contribution in [3.63, 3.8) is 0 Å². The van der Waals surface area contributed by atoms with Crippen LogP contribution in [-0.4, -0.2) is 77.1 Å². The van der Waals surface area contributed by atoms with Gasteiger partial charge in [0.1, 0.15) is 18.0 Å². The van der Waals surface area contributed by atoms with Crippen LogP contribution >= 0.6 is 0 Å². The molecule has 3 aliphatic rings. The number of piperazine rings is 1. The third-order valence-corrected chi connectivity index (χ3v) is 7.09. The van der Waals surface area contributed by atoms with Crippen molar-refractivity contribution in [1.82, 2.24) is 30.5 Å². The highest BCUT2D eigenvalue weighted by Gasteiger charge is 2.47. The van der Waals surface area contributed by atoms with Gasteiger partial charge in [-0.2, -0.15) is 5.10 Å². The van der Waals surface area contributed by atoms with E-state index in [0.29, 0.717) is 18.5 Å². The first-order valence-corrected chi connectivity index (χ1v) is 11.3. The molecule has 172 valence electrons. The van der Waals surface area contributed by atoms with E-state index in [-0.39, 0.29) is 23.8 Å². The fourth-order valence-corrected chi connectivity index (χ4v) is 5.16. The lowest BCUT2D eigenvalue weighted by Crippen LogP contribution is -2.45. The minimum absolute atomic E-state index is 0.00442. The van der Waals surface area contributed by atoms with Crippen LogP contribution in [0.5, 0.6) is 0 Å². The predicted octanol–water partition coefficient (Wildman–Crippen LogP) is 0.882. The summed E-state index contributed by atoms with van der Waals surface area (Å²) >= 11 is 0. The van der Waals surface area contributed by atoms with E-state index in [0.717, 1.165) is 37.6 Å². The summed E-state index contributed by atoms with van der Waals surface area (Å²) in [5.41, 5.74) is 7.81. The number of fused-ring (bicyclic) bond motifs is 1. The van der Waals surface area contributed by atoms with Gasteiger partial charge in [-0.25, -0.2) is 14.8 Å². The number of carbonyl (C=O) groups is 1. The zero-order valence-electron chi connectivity index (χ0n) is 18.5. The average Bonchev–Trinajstić information content (AvgIpc) is 3.40. The van der Waals surface area contributed by atoms with Crippen LogP contribution in [0.3, 0.4) is 0 Å². The summed E-state index contributed by atoms with van der Waals surface area (Å²) in [4.78, 5) is 22.2. The van der Waals surface area contributed by atoms with Crippen LogP contribution in [0.15, 0.2) is 30.7 Å². The van der Waals surface area contributed by atoms with Crippen LogP contribution < -0.4 is 21.1 Å². The zero-order chi connectivity index (χ0) is 22.2. The molecule has 3 N–H and O–H groups in total. The molecule has 1 saturated carbocycles. The number of carbonyl (C=O) groups excluding carboxylic acids is 1. The maximum Gasteiger partial charge on any atom is 0.243 e. The molecule has 0 radical (unpaired) electrons. The lowest BCUT2D eigenvalue weighted by molar-refractivity contribution is -0.119. The lowest BCUT2D eigenvalue weighted by Gasteiger charge is -2.35. The van der Waals surface area contributed by atoms with Gasteiger partial charge in [0.05, 0.1) is 18.1 Å². The Morgan fingerprint density at radius 2 is 1.94 bits per heavy atom. The van der Waals surface area contributed by atoms with E-state index in [4.69, 9.17) is 0 Å². The van der Waals surface area contributed by atoms with Crippen LogP contribution in [0.2, 0.25) is 0 Å². The van der Waals surface area contributed by atoms with E-state index in [9.17, 15) is 9.18 Å². The van der Waals surface area contributed by atoms with E-state index in [1.165, 1.54) is 0 Å². The summed E-state index contributed by atoms with van der Waals surface area (Å²) in [5, 5.41) is 7.18. The Bertz CT molecular complexity index is 942. The van der Waals surface area contributed by atoms with Gasteiger partial charge in [0.25, 0.3) is 0 Å². The quantitative estimate of drug-likeness (QED) is 0.648. The SMILES string of the molecule is CN1CCN(c2ccc(NC(=O)C3NNC4CC(F)C(c5cnn(C)c5)CC43)cn2)CC1. The molecule has 10 heteroatoms. The Kier molecular flexibility index (Phi) is 5.83. The van der Waals surface area contributed by atoms with Gasteiger partial charge < -0.3 is 15.1 Å². The Morgan fingerprint density at radius 1 is 1.12 bits per heavy atom. The minimum atomic E-state index is -0.956. The number of aromatic nitrogens is 3. The van der Waals surface area contributed by atoms with E-state index in [1.807, 2.05) is 25.4 Å². The zero-order valence-corrected chi connectivity index (χ0v) is 18.5. The Balaban J connectivity index is 1.23. The van der Waals surface area contributed by atoms with Gasteiger partial charge in [-0.05, 0) is 37.6 Å². The molecule has 5 rings (SSSR count). The molecule has 1 aliphatic carbocycles. The monoisotopic (exact) mass is 442 g/mol. The summed E-state index contributed by atoms with van der Waals surface area (Å²) in [6.45, 7) is 3.93. The number of likely N-dealkylation sites (N-methyl/N-ethyl adjacent to an activating group) is 1. The normalized spacial score (nSPS) is 30.8. The van der Waals surface area contributed by atoms with Crippen LogP contribution in [-0.2, 0) is 11.8 Å². The number of anilines is 2. The summed E-state index contributed by atoms with van der Waals surface area (Å²) < 4.78 is 16.5. The van der Waals surface area contributed by atoms with Crippen molar-refractivity contribution in [3.05, 3.63) is 36.3 Å². The van der Waals surface area contributed by atoms with E-state index < -0.39 is 12.2 Å². The predicted molar refractivity (Wildman–Crippen MR) is 120 cm³/mol. The van der Waals surface area contributed by atoms with Crippen LogP contribution in [0.1, 0.15) is 24.3 Å². The molecule has 32 heavy (non-hydrogen) atoms. The topological polar surface area (TPSA) is 90.4 Å². The second-order valence-corrected chi connectivity index (χ2v) is 9.26. The van der Waals surface area contributed by atoms with Crippen molar-refractivity contribution in [2.75, 3.05) is 43.4 Å². The van der Waals surface area contributed by atoms with Gasteiger partial charge in [-0.3, -0.25) is 14.9 Å². The van der Waals surface area contributed by atoms with Gasteiger partial charge in [-0.15, -0.1) is 0 Å². The Hall–Kier alpha value is -2.56. The molecule has 1 amide bonds. The molecule has 5 atom stereocenters. The number of nitrogens with zero attached hydrogens (tertiary/aromatic N) is 5. The average molecular weight is 443 g/mol. The largest absolute Gasteiger partial charge is 0.354 e. The van der Waals surface area contributed by atoms with Gasteiger partial charge in [-0.1, -0.05) is 0 Å². The van der Waals surface area contributed by atoms with Gasteiger partial charge in [0.2, 0.25) is 5.91 Å². The second kappa shape index (κ2) is 8.76. The van der Waals surface area contributed by atoms with Crippen molar-refractivity contribution in [2.45, 2.75) is 37.0 Å². The summed E-state index contributed by atoms with van der Waals surface area (Å²) in [6, 6.07) is 3.36. The number of hydrogen-bond donors (Lipinski definition) is 3. The molecule has 2 aromatic heterocycles. The first kappa shape index (κ1) is 21.3. The van der Waals surface area contributed by atoms with Crippen molar-refractivity contribution in [2.24, 2.45) is 13.0 Å². The third-order valence-electron chi connectivity index (χ3n) is 7.09. The first-order chi connectivity index (χ1) is 15.5. The highest BCUT2D eigenvalue weighted by molar-refractivity contribution is 5.95. The molecule has 4 heterocycles. The van der Waals surface area contributed by atoms with Gasteiger partial charge in [0, 0.05) is 57.3 Å². The molecule has 2 aliphatic heterocycles. The number of alkyl halides is 1. The molecule has 3 fully saturated rings. The van der Waals surface area contributed by atoms with Gasteiger partial charge in [0.15, 0.2) is 0 Å². The van der Waals surface area contributed by atoms with E-state index in [1.54, 1.807) is 17.1 Å². The number of aryl methyl sites for hydroxylation is 1. The number of hydrazine groups is 1. The smallest absolute Gasteiger partial charge is 0.243 e. The maximum absolute atomic E-state index is 14.8. The van der Waals surface area contributed by atoms with E-state index >= 15 is 0 Å².